The van der Waals surface area contributed by atoms with Crippen LogP contribution in [0, 0.1) is 0 Å². The van der Waals surface area contributed by atoms with Gasteiger partial charge < -0.3 is 14.8 Å². The molecule has 0 saturated heterocycles. The lowest BCUT2D eigenvalue weighted by atomic mass is 10.0. The summed E-state index contributed by atoms with van der Waals surface area (Å²) in [6.45, 7) is 3.26. The summed E-state index contributed by atoms with van der Waals surface area (Å²) in [5.41, 5.74) is 2.97. The van der Waals surface area contributed by atoms with E-state index < -0.39 is 0 Å². The molecular formula is C33H37N3O3S. The number of thiazole rings is 1. The molecule has 1 N–H and O–H groups in total. The maximum atomic E-state index is 13.5. The number of rotatable bonds is 6. The summed E-state index contributed by atoms with van der Waals surface area (Å²) < 4.78 is 12.6. The number of carbonyl (C=O) groups excluding carboxylic acids is 1. The summed E-state index contributed by atoms with van der Waals surface area (Å²) in [4.78, 5) is 20.6. The monoisotopic (exact) mass is 555 g/mol. The van der Waals surface area contributed by atoms with Crippen LogP contribution in [0.2, 0.25) is 0 Å². The van der Waals surface area contributed by atoms with Gasteiger partial charge in [0.1, 0.15) is 17.4 Å². The van der Waals surface area contributed by atoms with Crippen molar-refractivity contribution in [2.45, 2.75) is 44.3 Å². The van der Waals surface area contributed by atoms with Crippen molar-refractivity contribution in [3.05, 3.63) is 118 Å². The van der Waals surface area contributed by atoms with Gasteiger partial charge in [-0.25, -0.2) is 4.98 Å². The second-order valence-corrected chi connectivity index (χ2v) is 11.2. The lowest BCUT2D eigenvalue weighted by Gasteiger charge is -2.31. The molecule has 0 radical (unpaired) electrons. The molecule has 0 spiro atoms. The van der Waals surface area contributed by atoms with Gasteiger partial charge in [0.15, 0.2) is 0 Å². The fourth-order valence-corrected chi connectivity index (χ4v) is 5.74. The summed E-state index contributed by atoms with van der Waals surface area (Å²) in [6.07, 6.45) is 5.36. The Kier molecular flexibility index (Phi) is 10.3. The predicted octanol–water partition coefficient (Wildman–Crippen LogP) is 5.79. The molecule has 0 unspecified atom stereocenters. The summed E-state index contributed by atoms with van der Waals surface area (Å²) in [5, 5.41) is 6.34. The number of ether oxygens (including phenoxy) is 2. The average molecular weight is 556 g/mol. The number of benzene rings is 3. The quantitative estimate of drug-likeness (QED) is 0.327. The Bertz CT molecular complexity index is 1300. The minimum absolute atomic E-state index is 0.110. The third-order valence-corrected chi connectivity index (χ3v) is 7.94. The van der Waals surface area contributed by atoms with Crippen LogP contribution in [-0.2, 0) is 24.1 Å². The molecule has 1 aromatic heterocycles. The Labute approximate surface area is 241 Å². The van der Waals surface area contributed by atoms with Crippen LogP contribution in [0.25, 0.3) is 0 Å². The molecule has 1 aliphatic rings. The van der Waals surface area contributed by atoms with Crippen molar-refractivity contribution in [3.63, 3.8) is 0 Å². The van der Waals surface area contributed by atoms with Gasteiger partial charge in [-0.05, 0) is 55.5 Å². The lowest BCUT2D eigenvalue weighted by molar-refractivity contribution is 0.0819. The van der Waals surface area contributed by atoms with Gasteiger partial charge in [0.05, 0.1) is 24.8 Å². The Hall–Kier alpha value is -3.52. The van der Waals surface area contributed by atoms with Crippen molar-refractivity contribution in [1.29, 1.82) is 0 Å². The molecule has 1 amide bonds. The first kappa shape index (κ1) is 28.0. The van der Waals surface area contributed by atoms with Gasteiger partial charge in [-0.1, -0.05) is 72.8 Å². The zero-order valence-corrected chi connectivity index (χ0v) is 23.6. The Morgan fingerprint density at radius 3 is 2.35 bits per heavy atom. The Balaban J connectivity index is 1.39. The van der Waals surface area contributed by atoms with Crippen LogP contribution in [0.5, 0.6) is 5.75 Å². The molecule has 0 bridgehead atoms. The average Bonchev–Trinajstić information content (AvgIpc) is 3.50. The standard InChI is InChI=1S/C33H37N3O3S/c37-33-30-15-7-8-16-31(30)39-25-29(22-27-13-5-2-6-14-27)36(23-32-34-17-20-40-32)18-9-10-19-38-24-28(35-33)21-26-11-3-1-4-12-26/h1-8,11-17,20,28-29H,9-10,18-19,21-25H2,(H,35,37)/t28-,29-/m0/s1. The van der Waals surface area contributed by atoms with E-state index in [2.05, 4.69) is 51.6 Å². The second-order valence-electron chi connectivity index (χ2n) is 10.2. The first-order chi connectivity index (χ1) is 19.7. The van der Waals surface area contributed by atoms with Gasteiger partial charge in [-0.3, -0.25) is 9.69 Å². The fourth-order valence-electron chi connectivity index (χ4n) is 5.10. The van der Waals surface area contributed by atoms with Gasteiger partial charge >= 0.3 is 0 Å². The van der Waals surface area contributed by atoms with Crippen LogP contribution in [0.15, 0.2) is 96.5 Å². The number of aromatic nitrogens is 1. The topological polar surface area (TPSA) is 63.7 Å². The zero-order chi connectivity index (χ0) is 27.4. The van der Waals surface area contributed by atoms with Crippen LogP contribution in [0.4, 0.5) is 0 Å². The number of carbonyl (C=O) groups is 1. The van der Waals surface area contributed by atoms with Crippen molar-refractivity contribution in [1.82, 2.24) is 15.2 Å². The molecule has 2 atom stereocenters. The summed E-state index contributed by atoms with van der Waals surface area (Å²) in [7, 11) is 0. The molecule has 208 valence electrons. The number of hydrogen-bond donors (Lipinski definition) is 1. The highest BCUT2D eigenvalue weighted by atomic mass is 32.1. The molecule has 0 saturated carbocycles. The molecule has 4 aromatic rings. The maximum Gasteiger partial charge on any atom is 0.255 e. The second kappa shape index (κ2) is 14.7. The summed E-state index contributed by atoms with van der Waals surface area (Å²) >= 11 is 1.68. The van der Waals surface area contributed by atoms with E-state index in [9.17, 15) is 4.79 Å². The van der Waals surface area contributed by atoms with Crippen LogP contribution in [0.3, 0.4) is 0 Å². The largest absolute Gasteiger partial charge is 0.491 e. The van der Waals surface area contributed by atoms with E-state index >= 15 is 0 Å². The van der Waals surface area contributed by atoms with E-state index in [0.717, 1.165) is 37.4 Å². The van der Waals surface area contributed by atoms with Gasteiger partial charge in [-0.15, -0.1) is 11.3 Å². The SMILES string of the molecule is O=C1N[C@@H](Cc2ccccc2)COCCCCN(Cc2nccs2)[C@@H](Cc2ccccc2)COc2ccccc21. The third kappa shape index (κ3) is 8.24. The number of hydrogen-bond acceptors (Lipinski definition) is 6. The fraction of sp³-hybridized carbons (Fsp3) is 0.333. The van der Waals surface area contributed by atoms with Crippen LogP contribution >= 0.6 is 11.3 Å². The van der Waals surface area contributed by atoms with E-state index in [-0.39, 0.29) is 18.0 Å². The molecule has 2 heterocycles. The van der Waals surface area contributed by atoms with Gasteiger partial charge in [0.25, 0.3) is 5.91 Å². The molecular weight excluding hydrogens is 518 g/mol. The van der Waals surface area contributed by atoms with Gasteiger partial charge in [-0.2, -0.15) is 0 Å². The van der Waals surface area contributed by atoms with E-state index in [1.54, 1.807) is 11.3 Å². The van der Waals surface area contributed by atoms with Crippen molar-refractivity contribution < 1.29 is 14.3 Å². The van der Waals surface area contributed by atoms with Crippen molar-refractivity contribution >= 4 is 17.2 Å². The highest BCUT2D eigenvalue weighted by Crippen LogP contribution is 2.22. The highest BCUT2D eigenvalue weighted by Gasteiger charge is 2.24. The number of para-hydroxylation sites is 1. The third-order valence-electron chi connectivity index (χ3n) is 7.18. The van der Waals surface area contributed by atoms with Gasteiger partial charge in [0, 0.05) is 24.2 Å². The Morgan fingerprint density at radius 1 is 0.875 bits per heavy atom. The highest BCUT2D eigenvalue weighted by molar-refractivity contribution is 7.09. The molecule has 0 fully saturated rings. The molecule has 40 heavy (non-hydrogen) atoms. The molecule has 3 aromatic carbocycles. The van der Waals surface area contributed by atoms with Crippen molar-refractivity contribution in [2.75, 3.05) is 26.4 Å². The molecule has 6 nitrogen and oxygen atoms in total. The Morgan fingerprint density at radius 2 is 1.60 bits per heavy atom. The number of nitrogens with one attached hydrogen (secondary N) is 1. The normalized spacial score (nSPS) is 19.4. The minimum atomic E-state index is -0.144. The molecule has 1 aliphatic heterocycles. The van der Waals surface area contributed by atoms with E-state index in [1.165, 1.54) is 11.1 Å². The first-order valence-corrected chi connectivity index (χ1v) is 14.9. The molecule has 0 aliphatic carbocycles. The van der Waals surface area contributed by atoms with E-state index in [4.69, 9.17) is 9.47 Å². The number of nitrogens with zero attached hydrogens (tertiary/aromatic N) is 2. The maximum absolute atomic E-state index is 13.5. The molecule has 5 rings (SSSR count). The van der Waals surface area contributed by atoms with Crippen LogP contribution < -0.4 is 10.1 Å². The van der Waals surface area contributed by atoms with Crippen molar-refractivity contribution in [2.24, 2.45) is 0 Å². The summed E-state index contributed by atoms with van der Waals surface area (Å²) in [5.74, 6) is 0.454. The number of amides is 1. The predicted molar refractivity (Wildman–Crippen MR) is 160 cm³/mol. The minimum Gasteiger partial charge on any atom is -0.491 e. The van der Waals surface area contributed by atoms with E-state index in [1.807, 2.05) is 60.1 Å². The smallest absolute Gasteiger partial charge is 0.255 e. The first-order valence-electron chi connectivity index (χ1n) is 14.1. The van der Waals surface area contributed by atoms with Crippen molar-refractivity contribution in [3.8, 4) is 5.75 Å². The number of fused-ring (bicyclic) bond motifs is 1. The zero-order valence-electron chi connectivity index (χ0n) is 22.8. The molecule has 7 heteroatoms. The van der Waals surface area contributed by atoms with Crippen LogP contribution in [-0.4, -0.2) is 54.2 Å². The van der Waals surface area contributed by atoms with Crippen LogP contribution in [0.1, 0.15) is 39.3 Å². The van der Waals surface area contributed by atoms with Gasteiger partial charge in [0.2, 0.25) is 0 Å². The summed E-state index contributed by atoms with van der Waals surface area (Å²) in [6, 6.07) is 28.3. The lowest BCUT2D eigenvalue weighted by Crippen LogP contribution is -2.41. The van der Waals surface area contributed by atoms with E-state index in [0.29, 0.717) is 37.6 Å².